The number of carbonyl (C=O) groups excluding carboxylic acids is 1. The monoisotopic (exact) mass is 168 g/mol. The van der Waals surface area contributed by atoms with Crippen LogP contribution in [0.4, 0.5) is 0 Å². The van der Waals surface area contributed by atoms with Crippen molar-refractivity contribution in [2.24, 2.45) is 11.1 Å². The maximum absolute atomic E-state index is 11.2. The fourth-order valence-electron chi connectivity index (χ4n) is 0.620. The van der Waals surface area contributed by atoms with Gasteiger partial charge in [0.25, 0.3) is 0 Å². The van der Waals surface area contributed by atoms with E-state index in [1.54, 1.807) is 13.8 Å². The number of carbonyl (C=O) groups is 1. The maximum atomic E-state index is 11.2. The third kappa shape index (κ3) is 2.58. The number of nitrogens with zero attached hydrogens (tertiary/aromatic N) is 1. The molecule has 12 heavy (non-hydrogen) atoms. The second-order valence-corrected chi connectivity index (χ2v) is 2.65. The topological polar surface area (TPSA) is 69.9 Å². The van der Waals surface area contributed by atoms with Crippen molar-refractivity contribution < 1.29 is 15.1 Å². The summed E-state index contributed by atoms with van der Waals surface area (Å²) >= 11 is 0. The molecule has 0 unspecified atom stereocenters. The average molecular weight is 168 g/mol. The molecule has 0 atom stereocenters. The minimum absolute atomic E-state index is 0.115. The van der Waals surface area contributed by atoms with E-state index in [2.05, 4.69) is 5.16 Å². The summed E-state index contributed by atoms with van der Waals surface area (Å²) in [6.07, 6.45) is 0. The van der Waals surface area contributed by atoms with E-state index in [0.717, 1.165) is 0 Å². The quantitative estimate of drug-likeness (QED) is 0.254. The van der Waals surface area contributed by atoms with Gasteiger partial charge in [-0.1, -0.05) is 0 Å². The van der Waals surface area contributed by atoms with E-state index in [1.165, 1.54) is 0 Å². The number of aliphatic hydroxyl groups is 1. The van der Waals surface area contributed by atoms with Gasteiger partial charge in [-0.2, -0.15) is 0 Å². The van der Waals surface area contributed by atoms with Crippen LogP contribution in [0.25, 0.3) is 0 Å². The van der Waals surface area contributed by atoms with Gasteiger partial charge in [0.1, 0.15) is 0 Å². The molecule has 0 heterocycles. The van der Waals surface area contributed by atoms with E-state index in [9.17, 15) is 4.79 Å². The van der Waals surface area contributed by atoms with Gasteiger partial charge in [-0.25, -0.2) is 0 Å². The molecule has 0 rings (SSSR count). The van der Waals surface area contributed by atoms with Gasteiger partial charge in [0.2, 0.25) is 0 Å². The van der Waals surface area contributed by atoms with E-state index in [4.69, 9.17) is 17.8 Å². The molecule has 2 N–H and O–H groups in total. The Balaban J connectivity index is 4.60. The van der Waals surface area contributed by atoms with Crippen molar-refractivity contribution in [1.82, 2.24) is 0 Å². The molecule has 0 saturated carbocycles. The molecule has 0 spiro atoms. The summed E-state index contributed by atoms with van der Waals surface area (Å²) < 4.78 is 0. The van der Waals surface area contributed by atoms with Crippen LogP contribution in [0.3, 0.4) is 0 Å². The molecule has 1 radical (unpaired) electrons. The van der Waals surface area contributed by atoms with Crippen molar-refractivity contribution in [1.29, 1.82) is 0 Å². The van der Waals surface area contributed by atoms with Crippen molar-refractivity contribution in [2.45, 2.75) is 13.8 Å². The summed E-state index contributed by atoms with van der Waals surface area (Å²) in [5.41, 5.74) is -0.372. The van der Waals surface area contributed by atoms with Crippen molar-refractivity contribution in [3.63, 3.8) is 0 Å². The van der Waals surface area contributed by atoms with Gasteiger partial charge >= 0.3 is 71.1 Å². The van der Waals surface area contributed by atoms with Gasteiger partial charge in [0.15, 0.2) is 0 Å². The molecule has 0 aliphatic rings. The molecule has 0 amide bonds. The molecule has 65 valence electrons. The number of hydrogen-bond acceptors (Lipinski definition) is 4. The molecule has 0 aromatic heterocycles. The van der Waals surface area contributed by atoms with Crippen LogP contribution in [0.1, 0.15) is 13.8 Å². The molecule has 4 nitrogen and oxygen atoms in total. The van der Waals surface area contributed by atoms with E-state index in [-0.39, 0.29) is 22.9 Å². The van der Waals surface area contributed by atoms with Gasteiger partial charge in [-0.15, -0.1) is 0 Å². The van der Waals surface area contributed by atoms with Crippen LogP contribution in [0.5, 0.6) is 0 Å². The number of rotatable bonds is 4. The Labute approximate surface area is 72.0 Å². The predicted molar refractivity (Wildman–Crippen MR) is 46.9 cm³/mol. The summed E-state index contributed by atoms with van der Waals surface area (Å²) in [5, 5.41) is 19.7. The van der Waals surface area contributed by atoms with Crippen LogP contribution in [-0.4, -0.2) is 41.4 Å². The first-order chi connectivity index (χ1) is 5.54. The van der Waals surface area contributed by atoms with Crippen molar-refractivity contribution in [3.05, 3.63) is 0 Å². The average Bonchev–Trinajstić information content (AvgIpc) is 2.05. The van der Waals surface area contributed by atoms with E-state index < -0.39 is 6.61 Å². The molecule has 0 aliphatic heterocycles. The molecule has 0 bridgehead atoms. The van der Waals surface area contributed by atoms with E-state index in [0.29, 0.717) is 0 Å². The van der Waals surface area contributed by atoms with Crippen molar-refractivity contribution in [2.75, 3.05) is 6.61 Å². The van der Waals surface area contributed by atoms with E-state index >= 15 is 0 Å². The number of ketones is 1. The van der Waals surface area contributed by atoms with Gasteiger partial charge < -0.3 is 0 Å². The summed E-state index contributed by atoms with van der Waals surface area (Å²) in [7, 11) is 5.22. The fraction of sp³-hybridized carbons (Fsp3) is 0.571. The molecular formula is C7H11BNO3. The van der Waals surface area contributed by atoms with E-state index in [1.807, 2.05) is 0 Å². The Bertz CT molecular complexity index is 223. The summed E-state index contributed by atoms with van der Waals surface area (Å²) in [6, 6.07) is 0. The van der Waals surface area contributed by atoms with Gasteiger partial charge in [0, 0.05) is 0 Å². The standard InChI is InChI=1S/C7H11BNO3/c1-4(2)7(11)6(9-12)5(8)3-10/h4,10,12H,3H2,1-2H3/b9-6+. The summed E-state index contributed by atoms with van der Waals surface area (Å²) in [4.78, 5) is 11.2. The molecule has 0 aromatic carbocycles. The molecular weight excluding hydrogens is 157 g/mol. The second-order valence-electron chi connectivity index (χ2n) is 2.65. The first-order valence-electron chi connectivity index (χ1n) is 3.53. The number of hydrogen-bond donors (Lipinski definition) is 2. The van der Waals surface area contributed by atoms with Gasteiger partial charge in [-0.3, -0.25) is 0 Å². The number of aliphatic hydroxyl groups excluding tert-OH is 1. The molecule has 0 fully saturated rings. The molecule has 0 saturated heterocycles. The fourth-order valence-corrected chi connectivity index (χ4v) is 0.620. The van der Waals surface area contributed by atoms with Crippen LogP contribution in [-0.2, 0) is 4.79 Å². The Hall–Kier alpha value is -0.965. The molecule has 0 aliphatic carbocycles. The SMILES string of the molecule is [B]=C(CO)/C(=N\O)C(=O)C(C)C. The second kappa shape index (κ2) is 4.82. The van der Waals surface area contributed by atoms with Crippen LogP contribution >= 0.6 is 0 Å². The zero-order valence-corrected chi connectivity index (χ0v) is 7.11. The Morgan fingerprint density at radius 3 is 2.33 bits per heavy atom. The first-order valence-corrected chi connectivity index (χ1v) is 3.53. The van der Waals surface area contributed by atoms with Crippen LogP contribution < -0.4 is 0 Å². The van der Waals surface area contributed by atoms with Gasteiger partial charge in [0.05, 0.1) is 0 Å². The van der Waals surface area contributed by atoms with Crippen LogP contribution in [0, 0.1) is 5.92 Å². The van der Waals surface area contributed by atoms with Crippen molar-refractivity contribution >= 4 is 24.4 Å². The Morgan fingerprint density at radius 1 is 1.58 bits per heavy atom. The first kappa shape index (κ1) is 11.0. The third-order valence-electron chi connectivity index (χ3n) is 1.33. The van der Waals surface area contributed by atoms with Crippen molar-refractivity contribution in [3.8, 4) is 0 Å². The number of oxime groups is 1. The zero-order valence-electron chi connectivity index (χ0n) is 7.11. The van der Waals surface area contributed by atoms with Gasteiger partial charge in [-0.05, 0) is 0 Å². The normalized spacial score (nSPS) is 11.8. The Morgan fingerprint density at radius 2 is 2.08 bits per heavy atom. The molecule has 5 heteroatoms. The third-order valence-corrected chi connectivity index (χ3v) is 1.33. The number of Topliss-reactive ketones (excluding diaryl/α,β-unsaturated/α-hetero) is 1. The minimum atomic E-state index is -0.488. The zero-order chi connectivity index (χ0) is 9.72. The molecule has 0 aromatic rings. The predicted octanol–water partition coefficient (Wildman–Crippen LogP) is -0.625. The summed E-state index contributed by atoms with van der Waals surface area (Å²) in [5.74, 6) is -0.690. The Kier molecular flexibility index (Phi) is 4.43. The van der Waals surface area contributed by atoms with Crippen LogP contribution in [0.2, 0.25) is 0 Å². The van der Waals surface area contributed by atoms with Crippen LogP contribution in [0.15, 0.2) is 5.16 Å². The summed E-state index contributed by atoms with van der Waals surface area (Å²) in [6.45, 7) is 2.81.